The lowest BCUT2D eigenvalue weighted by molar-refractivity contribution is 0.579. The van der Waals surface area contributed by atoms with Crippen LogP contribution in [-0.4, -0.2) is 55.2 Å². The highest BCUT2D eigenvalue weighted by Crippen LogP contribution is 2.30. The van der Waals surface area contributed by atoms with Crippen LogP contribution >= 0.6 is 78.6 Å². The minimum absolute atomic E-state index is 0.169. The Bertz CT molecular complexity index is 1090. The molecule has 0 spiro atoms. The van der Waals surface area contributed by atoms with E-state index in [1.807, 2.05) is 18.0 Å². The molecule has 188 valence electrons. The molecule has 0 N–H and O–H groups in total. The number of hydrogen-bond acceptors (Lipinski definition) is 8. The zero-order chi connectivity index (χ0) is 25.7. The second kappa shape index (κ2) is 17.0. The number of sulfone groups is 2. The third-order valence-electron chi connectivity index (χ3n) is 3.54. The Hall–Kier alpha value is 0.440. The monoisotopic (exact) mass is 702 g/mol. The molecular weight excluding hydrogens is 679 g/mol. The number of thioether (sulfide) groups is 2. The van der Waals surface area contributed by atoms with Crippen LogP contribution in [0.15, 0.2) is 53.3 Å². The van der Waals surface area contributed by atoms with E-state index in [2.05, 4.69) is 61.7 Å². The summed E-state index contributed by atoms with van der Waals surface area (Å²) in [4.78, 5) is 9.14. The van der Waals surface area contributed by atoms with Gasteiger partial charge >= 0.3 is 0 Å². The normalized spacial score (nSPS) is 11.2. The Morgan fingerprint density at radius 1 is 0.818 bits per heavy atom. The third kappa shape index (κ3) is 11.8. The Morgan fingerprint density at radius 3 is 1.79 bits per heavy atom. The zero-order valence-electron chi connectivity index (χ0n) is 18.5. The number of hydrogen-bond donors (Lipinski definition) is 0. The number of halogens is 4. The number of aromatic nitrogens is 2. The Labute approximate surface area is 232 Å². The quantitative estimate of drug-likeness (QED) is 0.216. The smallest absolute Gasteiger partial charge is 0.196 e. The largest absolute Gasteiger partial charge is 0.248 e. The van der Waals surface area contributed by atoms with Crippen molar-refractivity contribution in [3.05, 3.63) is 33.5 Å². The molecule has 6 nitrogen and oxygen atoms in total. The molecular formula is C19H26Br2Cl2N2O4S4. The molecule has 2 heterocycles. The van der Waals surface area contributed by atoms with E-state index in [4.69, 9.17) is 23.2 Å². The summed E-state index contributed by atoms with van der Waals surface area (Å²) in [6.45, 7) is 7.21. The summed E-state index contributed by atoms with van der Waals surface area (Å²) in [5.41, 5.74) is 0. The molecule has 0 unspecified atom stereocenters. The first-order valence-electron chi connectivity index (χ1n) is 9.57. The predicted octanol–water partition coefficient (Wildman–Crippen LogP) is 6.92. The lowest BCUT2D eigenvalue weighted by Crippen LogP contribution is -2.14. The Morgan fingerprint density at radius 2 is 1.30 bits per heavy atom. The van der Waals surface area contributed by atoms with E-state index >= 15 is 0 Å². The van der Waals surface area contributed by atoms with Crippen LogP contribution in [0.5, 0.6) is 0 Å². The highest BCUT2D eigenvalue weighted by Gasteiger charge is 2.26. The van der Waals surface area contributed by atoms with Crippen LogP contribution in [0.25, 0.3) is 0 Å². The van der Waals surface area contributed by atoms with Crippen LogP contribution in [0.1, 0.15) is 27.7 Å². The maximum atomic E-state index is 11.8. The fourth-order valence-corrected chi connectivity index (χ4v) is 7.24. The molecule has 2 aromatic rings. The van der Waals surface area contributed by atoms with E-state index in [1.165, 1.54) is 31.0 Å². The first-order chi connectivity index (χ1) is 15.4. The van der Waals surface area contributed by atoms with Gasteiger partial charge in [-0.15, -0.1) is 46.7 Å². The summed E-state index contributed by atoms with van der Waals surface area (Å²) in [5.74, 6) is 1.81. The molecule has 33 heavy (non-hydrogen) atoms. The van der Waals surface area contributed by atoms with Gasteiger partial charge in [0.05, 0.1) is 16.8 Å². The maximum absolute atomic E-state index is 11.8. The van der Waals surface area contributed by atoms with Gasteiger partial charge in [-0.1, -0.05) is 27.7 Å². The van der Waals surface area contributed by atoms with Crippen LogP contribution in [0.2, 0.25) is 0 Å². The summed E-state index contributed by atoms with van der Waals surface area (Å²) in [6, 6.07) is 3.41. The summed E-state index contributed by atoms with van der Waals surface area (Å²) < 4.78 is 48.6. The molecule has 14 heteroatoms. The van der Waals surface area contributed by atoms with E-state index in [9.17, 15) is 16.8 Å². The molecule has 0 aliphatic carbocycles. The van der Waals surface area contributed by atoms with Gasteiger partial charge in [0.1, 0.15) is 9.92 Å². The number of alkyl halides is 2. The van der Waals surface area contributed by atoms with E-state index in [-0.39, 0.29) is 26.8 Å². The van der Waals surface area contributed by atoms with Crippen molar-refractivity contribution in [1.29, 1.82) is 0 Å². The molecule has 2 aromatic heterocycles. The SMILES string of the molecule is CCS(=O)(=O)c1cc(Br)cnc1S(=O)(=O)CC.CCSc1cc(Br)cnc1SCC.ClCCl. The fraction of sp³-hybridized carbons (Fsp3) is 0.474. The van der Waals surface area contributed by atoms with Crippen LogP contribution in [-0.2, 0) is 19.7 Å². The zero-order valence-corrected chi connectivity index (χ0v) is 26.5. The second-order valence-electron chi connectivity index (χ2n) is 5.69. The number of pyridine rings is 2. The second-order valence-corrected chi connectivity index (χ2v) is 15.3. The molecule has 0 aromatic carbocycles. The van der Waals surface area contributed by atoms with Gasteiger partial charge in [-0.2, -0.15) is 0 Å². The van der Waals surface area contributed by atoms with Crippen molar-refractivity contribution in [2.24, 2.45) is 0 Å². The molecule has 0 bridgehead atoms. The van der Waals surface area contributed by atoms with E-state index < -0.39 is 19.7 Å². The third-order valence-corrected chi connectivity index (χ3v) is 9.88. The Balaban J connectivity index is 0.000000569. The van der Waals surface area contributed by atoms with Crippen LogP contribution in [0.4, 0.5) is 0 Å². The van der Waals surface area contributed by atoms with Gasteiger partial charge in [-0.05, 0) is 55.5 Å². The van der Waals surface area contributed by atoms with Crippen molar-refractivity contribution in [3.63, 3.8) is 0 Å². The predicted molar refractivity (Wildman–Crippen MR) is 149 cm³/mol. The molecule has 0 aliphatic rings. The van der Waals surface area contributed by atoms with Gasteiger partial charge in [0.15, 0.2) is 24.7 Å². The van der Waals surface area contributed by atoms with Crippen LogP contribution in [0.3, 0.4) is 0 Å². The first kappa shape index (κ1) is 33.4. The summed E-state index contributed by atoms with van der Waals surface area (Å²) in [7, 11) is -7.27. The van der Waals surface area contributed by atoms with E-state index in [0.717, 1.165) is 21.0 Å². The van der Waals surface area contributed by atoms with Gasteiger partial charge in [0.2, 0.25) is 0 Å². The molecule has 2 rings (SSSR count). The highest BCUT2D eigenvalue weighted by atomic mass is 79.9. The average molecular weight is 705 g/mol. The van der Waals surface area contributed by atoms with Crippen molar-refractivity contribution >= 4 is 98.3 Å². The standard InChI is InChI=1S/C9H12BrNO4S2.C9H12BrNS2.CH2Cl2/c1-3-16(12,13)8-5-7(10)6-11-9(8)17(14,15)4-2;1-3-12-8-5-7(10)6-11-9(8)13-4-2;2-1-3/h5-6H,3-4H2,1-2H3;5-6H,3-4H2,1-2H3;1H2. The molecule has 0 fully saturated rings. The van der Waals surface area contributed by atoms with Gasteiger partial charge in [-0.25, -0.2) is 26.8 Å². The van der Waals surface area contributed by atoms with Gasteiger partial charge in [0, 0.05) is 26.2 Å². The maximum Gasteiger partial charge on any atom is 0.196 e. The van der Waals surface area contributed by atoms with Crippen molar-refractivity contribution in [1.82, 2.24) is 9.97 Å². The van der Waals surface area contributed by atoms with Crippen molar-refractivity contribution < 1.29 is 16.8 Å². The topological polar surface area (TPSA) is 94.1 Å². The van der Waals surface area contributed by atoms with E-state index in [1.54, 1.807) is 11.8 Å². The highest BCUT2D eigenvalue weighted by molar-refractivity contribution is 9.10. The minimum atomic E-state index is -3.65. The molecule has 0 aliphatic heterocycles. The molecule has 0 radical (unpaired) electrons. The van der Waals surface area contributed by atoms with Gasteiger partial charge in [0.25, 0.3) is 0 Å². The van der Waals surface area contributed by atoms with Crippen molar-refractivity contribution in [3.8, 4) is 0 Å². The average Bonchev–Trinajstić information content (AvgIpc) is 2.77. The van der Waals surface area contributed by atoms with E-state index in [0.29, 0.717) is 4.47 Å². The molecule has 0 atom stereocenters. The van der Waals surface area contributed by atoms with Crippen molar-refractivity contribution in [2.75, 3.05) is 28.4 Å². The molecule has 0 saturated carbocycles. The minimum Gasteiger partial charge on any atom is -0.248 e. The lowest BCUT2D eigenvalue weighted by atomic mass is 10.5. The van der Waals surface area contributed by atoms with Crippen molar-refractivity contribution in [2.45, 2.75) is 47.5 Å². The first-order valence-corrected chi connectivity index (χ1v) is 17.5. The van der Waals surface area contributed by atoms with Crippen LogP contribution < -0.4 is 0 Å². The Kier molecular flexibility index (Phi) is 17.2. The summed E-state index contributed by atoms with van der Waals surface area (Å²) >= 11 is 19.7. The van der Waals surface area contributed by atoms with Gasteiger partial charge < -0.3 is 0 Å². The fourth-order valence-electron chi connectivity index (χ4n) is 2.07. The molecule has 0 saturated heterocycles. The lowest BCUT2D eigenvalue weighted by Gasteiger charge is -2.08. The van der Waals surface area contributed by atoms with Crippen LogP contribution in [0, 0.1) is 0 Å². The summed E-state index contributed by atoms with van der Waals surface area (Å²) in [5, 5.41) is 0.975. The summed E-state index contributed by atoms with van der Waals surface area (Å²) in [6.07, 6.45) is 3.13. The number of rotatable bonds is 8. The van der Waals surface area contributed by atoms with Gasteiger partial charge in [-0.3, -0.25) is 0 Å². The molecule has 0 amide bonds. The number of nitrogens with zero attached hydrogens (tertiary/aromatic N) is 2.